The van der Waals surface area contributed by atoms with Gasteiger partial charge in [0.2, 0.25) is 0 Å². The molecule has 0 spiro atoms. The minimum absolute atomic E-state index is 0. The van der Waals surface area contributed by atoms with Crippen LogP contribution < -0.4 is 18.9 Å². The average molecular weight is 244 g/mol. The molecule has 0 amide bonds. The van der Waals surface area contributed by atoms with Crippen molar-refractivity contribution in [3.8, 4) is 0 Å². The number of hydrogen-bond donors (Lipinski definition) is 2. The zero-order valence-electron chi connectivity index (χ0n) is 11.2. The maximum Gasteiger partial charge on any atom is 1.00 e. The van der Waals surface area contributed by atoms with Crippen molar-refractivity contribution >= 4 is 11.9 Å². The molecule has 4 nitrogen and oxygen atoms in total. The van der Waals surface area contributed by atoms with Gasteiger partial charge in [0.25, 0.3) is 0 Å². The Bertz CT molecular complexity index is 356. The first-order valence-electron chi connectivity index (χ1n) is 5.13. The van der Waals surface area contributed by atoms with E-state index in [0.29, 0.717) is 0 Å². The summed E-state index contributed by atoms with van der Waals surface area (Å²) in [6, 6.07) is 11.1. The van der Waals surface area contributed by atoms with Gasteiger partial charge in [-0.15, -0.1) is 0 Å². The number of benzene rings is 1. The van der Waals surface area contributed by atoms with E-state index in [1.54, 1.807) is 0 Å². The second kappa shape index (κ2) is 8.79. The van der Waals surface area contributed by atoms with E-state index in [2.05, 4.69) is 39.0 Å². The molecule has 0 aromatic heterocycles. The first-order chi connectivity index (χ1) is 7.73. The van der Waals surface area contributed by atoms with E-state index in [1.807, 2.05) is 12.1 Å². The van der Waals surface area contributed by atoms with Crippen molar-refractivity contribution in [3.05, 3.63) is 35.9 Å². The third kappa shape index (κ3) is 9.95. The minimum Gasteiger partial charge on any atom is -0.481 e. The van der Waals surface area contributed by atoms with Crippen LogP contribution in [0.3, 0.4) is 0 Å². The minimum atomic E-state index is -1.31. The van der Waals surface area contributed by atoms with E-state index in [9.17, 15) is 9.59 Å². The van der Waals surface area contributed by atoms with Crippen LogP contribution in [0.2, 0.25) is 0 Å². The van der Waals surface area contributed by atoms with Gasteiger partial charge in [0.05, 0.1) is 0 Å². The van der Waals surface area contributed by atoms with Crippen molar-refractivity contribution in [1.29, 1.82) is 0 Å². The third-order valence-corrected chi connectivity index (χ3v) is 1.89. The van der Waals surface area contributed by atoms with Crippen molar-refractivity contribution in [3.63, 3.8) is 0 Å². The van der Waals surface area contributed by atoms with Crippen molar-refractivity contribution in [1.82, 2.24) is 0 Å². The Morgan fingerprint density at radius 1 is 1.11 bits per heavy atom. The molecule has 2 N–H and O–H groups in total. The van der Waals surface area contributed by atoms with Crippen molar-refractivity contribution in [2.24, 2.45) is 0 Å². The van der Waals surface area contributed by atoms with Crippen LogP contribution in [0.4, 0.5) is 0 Å². The van der Waals surface area contributed by atoms with Crippen LogP contribution in [0.25, 0.3) is 0 Å². The molecule has 0 atom stereocenters. The molecule has 1 rings (SSSR count). The number of hydrogen-bond acceptors (Lipinski definition) is 2. The number of rotatable bonds is 2. The number of carboxylic acids is 2. The van der Waals surface area contributed by atoms with Gasteiger partial charge in [-0.1, -0.05) is 20.8 Å². The molecule has 0 saturated heterocycles. The molecule has 0 bridgehead atoms. The molecule has 1 aromatic carbocycles. The quantitative estimate of drug-likeness (QED) is 0.411. The Balaban J connectivity index is 0. The van der Waals surface area contributed by atoms with Crippen LogP contribution in [0.1, 0.15) is 32.8 Å². The second-order valence-electron chi connectivity index (χ2n) is 4.50. The molecule has 0 aliphatic heterocycles. The summed E-state index contributed by atoms with van der Waals surface area (Å²) in [4.78, 5) is 18.9. The Morgan fingerprint density at radius 3 is 1.67 bits per heavy atom. The molecule has 0 fully saturated rings. The van der Waals surface area contributed by atoms with Crippen LogP contribution in [0.5, 0.6) is 0 Å². The topological polar surface area (TPSA) is 74.6 Å². The predicted octanol–water partition coefficient (Wildman–Crippen LogP) is -0.666. The van der Waals surface area contributed by atoms with Gasteiger partial charge in [-0.2, -0.15) is 35.9 Å². The van der Waals surface area contributed by atoms with Gasteiger partial charge < -0.3 is 10.2 Å². The smallest absolute Gasteiger partial charge is 0.481 e. The SMILES string of the molecule is CC(C)(C)c1cc[c-]cc1.O=C(O)CC(=O)O.[Li+]. The van der Waals surface area contributed by atoms with Gasteiger partial charge in [-0.3, -0.25) is 9.59 Å². The summed E-state index contributed by atoms with van der Waals surface area (Å²) >= 11 is 0. The maximum atomic E-state index is 9.43. The van der Waals surface area contributed by atoms with Crippen LogP contribution in [0, 0.1) is 6.07 Å². The van der Waals surface area contributed by atoms with E-state index in [1.165, 1.54) is 5.56 Å². The molecule has 1 aromatic rings. The van der Waals surface area contributed by atoms with E-state index in [4.69, 9.17) is 10.2 Å². The molecule has 0 saturated carbocycles. The van der Waals surface area contributed by atoms with Crippen LogP contribution in [-0.2, 0) is 15.0 Å². The van der Waals surface area contributed by atoms with Gasteiger partial charge in [0, 0.05) is 0 Å². The summed E-state index contributed by atoms with van der Waals surface area (Å²) in [5.41, 5.74) is 1.64. The summed E-state index contributed by atoms with van der Waals surface area (Å²) < 4.78 is 0. The van der Waals surface area contributed by atoms with E-state index in [-0.39, 0.29) is 24.3 Å². The van der Waals surface area contributed by atoms with Crippen molar-refractivity contribution in [2.45, 2.75) is 32.6 Å². The first-order valence-corrected chi connectivity index (χ1v) is 5.13. The van der Waals surface area contributed by atoms with Crippen molar-refractivity contribution in [2.75, 3.05) is 0 Å². The van der Waals surface area contributed by atoms with Gasteiger partial charge >= 0.3 is 30.8 Å². The molecule has 0 aliphatic rings. The summed E-state index contributed by atoms with van der Waals surface area (Å²) in [5, 5.41) is 15.4. The molecule has 0 radical (unpaired) electrons. The zero-order chi connectivity index (χ0) is 13.5. The molecule has 0 aliphatic carbocycles. The van der Waals surface area contributed by atoms with E-state index >= 15 is 0 Å². The van der Waals surface area contributed by atoms with Crippen LogP contribution in [0.15, 0.2) is 24.3 Å². The molecule has 5 heteroatoms. The molecule has 94 valence electrons. The Kier molecular flexibility index (Phi) is 9.33. The van der Waals surface area contributed by atoms with E-state index < -0.39 is 18.4 Å². The van der Waals surface area contributed by atoms with Gasteiger partial charge in [-0.05, 0) is 5.41 Å². The fourth-order valence-corrected chi connectivity index (χ4v) is 1.02. The second-order valence-corrected chi connectivity index (χ2v) is 4.50. The monoisotopic (exact) mass is 244 g/mol. The molecular formula is C13H17LiO4. The number of aliphatic carboxylic acids is 2. The van der Waals surface area contributed by atoms with Gasteiger partial charge in [0.15, 0.2) is 0 Å². The van der Waals surface area contributed by atoms with Gasteiger partial charge in [-0.25, -0.2) is 0 Å². The maximum absolute atomic E-state index is 9.43. The number of carbonyl (C=O) groups is 2. The summed E-state index contributed by atoms with van der Waals surface area (Å²) in [6.07, 6.45) is -0.806. The third-order valence-electron chi connectivity index (χ3n) is 1.89. The molecular weight excluding hydrogens is 227 g/mol. The largest absolute Gasteiger partial charge is 1.00 e. The van der Waals surface area contributed by atoms with E-state index in [0.717, 1.165) is 0 Å². The summed E-state index contributed by atoms with van der Waals surface area (Å²) in [5.74, 6) is -2.62. The Morgan fingerprint density at radius 2 is 1.50 bits per heavy atom. The van der Waals surface area contributed by atoms with Crippen LogP contribution >= 0.6 is 0 Å². The normalized spacial score (nSPS) is 9.50. The average Bonchev–Trinajstić information content (AvgIpc) is 2.16. The predicted molar refractivity (Wildman–Crippen MR) is 63.9 cm³/mol. The Labute approximate surface area is 119 Å². The van der Waals surface area contributed by atoms with Crippen LogP contribution in [-0.4, -0.2) is 22.2 Å². The first kappa shape index (κ1) is 19.1. The molecule has 0 unspecified atom stereocenters. The zero-order valence-corrected chi connectivity index (χ0v) is 11.2. The molecule has 0 heterocycles. The fourth-order valence-electron chi connectivity index (χ4n) is 1.02. The Hall–Kier alpha value is -1.24. The number of carboxylic acid groups (broad SMARTS) is 2. The summed E-state index contributed by atoms with van der Waals surface area (Å²) in [6.45, 7) is 6.63. The standard InChI is InChI=1S/C10H13.C3H4O4.Li/c1-10(2,3)9-7-5-4-6-8-9;4-2(5)1-3(6)7;/h5-8H,1-3H3;1H2,(H,4,5)(H,6,7);/q-1;;+1. The van der Waals surface area contributed by atoms with Crippen molar-refractivity contribution < 1.29 is 38.7 Å². The molecule has 18 heavy (non-hydrogen) atoms. The summed E-state index contributed by atoms with van der Waals surface area (Å²) in [7, 11) is 0. The van der Waals surface area contributed by atoms with Gasteiger partial charge in [0.1, 0.15) is 6.42 Å². The fraction of sp³-hybridized carbons (Fsp3) is 0.385.